The van der Waals surface area contributed by atoms with Crippen molar-refractivity contribution in [3.05, 3.63) is 42.0 Å². The van der Waals surface area contributed by atoms with Gasteiger partial charge in [-0.2, -0.15) is 0 Å². The van der Waals surface area contributed by atoms with E-state index in [1.807, 2.05) is 0 Å². The van der Waals surface area contributed by atoms with Crippen molar-refractivity contribution >= 4 is 10.8 Å². The Morgan fingerprint density at radius 3 is 2.60 bits per heavy atom. The van der Waals surface area contributed by atoms with Crippen molar-refractivity contribution in [2.75, 3.05) is 7.11 Å². The molecule has 106 valence electrons. The number of rotatable bonds is 5. The molecule has 2 aromatic rings. The Hall–Kier alpha value is -1.54. The van der Waals surface area contributed by atoms with E-state index in [2.05, 4.69) is 55.6 Å². The molecule has 1 fully saturated rings. The van der Waals surface area contributed by atoms with Crippen LogP contribution in [0.2, 0.25) is 0 Å². The van der Waals surface area contributed by atoms with Crippen LogP contribution in [0.15, 0.2) is 36.4 Å². The molecule has 0 amide bonds. The quantitative estimate of drug-likeness (QED) is 0.881. The number of hydrogen-bond acceptors (Lipinski definition) is 2. The minimum Gasteiger partial charge on any atom is -0.496 e. The van der Waals surface area contributed by atoms with Gasteiger partial charge < -0.3 is 10.1 Å². The third kappa shape index (κ3) is 2.53. The third-order valence-corrected chi connectivity index (χ3v) is 4.54. The maximum atomic E-state index is 5.55. The van der Waals surface area contributed by atoms with E-state index in [1.54, 1.807) is 7.11 Å². The number of benzene rings is 2. The monoisotopic (exact) mass is 269 g/mol. The molecule has 2 heteroatoms. The zero-order valence-corrected chi connectivity index (χ0v) is 12.6. The molecule has 2 nitrogen and oxygen atoms in total. The fourth-order valence-electron chi connectivity index (χ4n) is 2.96. The van der Waals surface area contributed by atoms with Crippen molar-refractivity contribution in [3.8, 4) is 5.75 Å². The average molecular weight is 269 g/mol. The Kier molecular flexibility index (Phi) is 3.43. The highest BCUT2D eigenvalue weighted by molar-refractivity contribution is 5.87. The molecule has 2 aromatic carbocycles. The zero-order valence-electron chi connectivity index (χ0n) is 12.6. The average Bonchev–Trinajstić information content (AvgIpc) is 3.29. The highest BCUT2D eigenvalue weighted by atomic mass is 16.5. The Labute approximate surface area is 121 Å². The second-order valence-electron chi connectivity index (χ2n) is 6.32. The summed E-state index contributed by atoms with van der Waals surface area (Å²) < 4.78 is 5.55. The van der Waals surface area contributed by atoms with E-state index in [9.17, 15) is 0 Å². The minimum atomic E-state index is 0.210. The standard InChI is InChI=1S/C18H23NO/c1-18(2,14-9-10-14)19-12-16-15-7-5-4-6-13(15)8-11-17(16)20-3/h4-8,11,14,19H,9-10,12H2,1-3H3. The van der Waals surface area contributed by atoms with Gasteiger partial charge in [0.2, 0.25) is 0 Å². The summed E-state index contributed by atoms with van der Waals surface area (Å²) in [5.41, 5.74) is 1.47. The molecule has 0 aliphatic heterocycles. The van der Waals surface area contributed by atoms with Gasteiger partial charge >= 0.3 is 0 Å². The number of ether oxygens (including phenoxy) is 1. The lowest BCUT2D eigenvalue weighted by Crippen LogP contribution is -2.40. The summed E-state index contributed by atoms with van der Waals surface area (Å²) in [5.74, 6) is 1.80. The van der Waals surface area contributed by atoms with Crippen LogP contribution in [-0.2, 0) is 6.54 Å². The first-order chi connectivity index (χ1) is 9.62. The topological polar surface area (TPSA) is 21.3 Å². The summed E-state index contributed by atoms with van der Waals surface area (Å²) in [6, 6.07) is 12.7. The molecule has 1 saturated carbocycles. The second kappa shape index (κ2) is 5.10. The van der Waals surface area contributed by atoms with Gasteiger partial charge in [0, 0.05) is 17.6 Å². The van der Waals surface area contributed by atoms with Crippen LogP contribution < -0.4 is 10.1 Å². The third-order valence-electron chi connectivity index (χ3n) is 4.54. The molecule has 0 aromatic heterocycles. The minimum absolute atomic E-state index is 0.210. The van der Waals surface area contributed by atoms with Gasteiger partial charge in [-0.15, -0.1) is 0 Å². The van der Waals surface area contributed by atoms with Crippen molar-refractivity contribution in [2.45, 2.75) is 38.8 Å². The summed E-state index contributed by atoms with van der Waals surface area (Å²) >= 11 is 0. The zero-order chi connectivity index (χ0) is 14.2. The van der Waals surface area contributed by atoms with Gasteiger partial charge in [0.25, 0.3) is 0 Å². The number of nitrogens with one attached hydrogen (secondary N) is 1. The lowest BCUT2D eigenvalue weighted by Gasteiger charge is -2.27. The smallest absolute Gasteiger partial charge is 0.123 e. The van der Waals surface area contributed by atoms with E-state index in [1.165, 1.54) is 29.2 Å². The van der Waals surface area contributed by atoms with E-state index in [0.717, 1.165) is 18.2 Å². The summed E-state index contributed by atoms with van der Waals surface area (Å²) in [6.45, 7) is 5.47. The van der Waals surface area contributed by atoms with E-state index >= 15 is 0 Å². The SMILES string of the molecule is COc1ccc2ccccc2c1CNC(C)(C)C1CC1. The first-order valence-corrected chi connectivity index (χ1v) is 7.41. The number of hydrogen-bond donors (Lipinski definition) is 1. The van der Waals surface area contributed by atoms with Crippen LogP contribution in [0.1, 0.15) is 32.3 Å². The van der Waals surface area contributed by atoms with Crippen LogP contribution in [0.3, 0.4) is 0 Å². The maximum Gasteiger partial charge on any atom is 0.123 e. The predicted octanol–water partition coefficient (Wildman–Crippen LogP) is 4.13. The van der Waals surface area contributed by atoms with Gasteiger partial charge in [0.1, 0.15) is 5.75 Å². The summed E-state index contributed by atoms with van der Waals surface area (Å²) in [7, 11) is 1.75. The van der Waals surface area contributed by atoms with Gasteiger partial charge in [0.15, 0.2) is 0 Å². The fourth-order valence-corrected chi connectivity index (χ4v) is 2.96. The van der Waals surface area contributed by atoms with E-state index in [-0.39, 0.29) is 5.54 Å². The Morgan fingerprint density at radius 2 is 1.90 bits per heavy atom. The van der Waals surface area contributed by atoms with Crippen molar-refractivity contribution in [1.82, 2.24) is 5.32 Å². The summed E-state index contributed by atoms with van der Waals surface area (Å²) in [6.07, 6.45) is 2.71. The largest absolute Gasteiger partial charge is 0.496 e. The van der Waals surface area contributed by atoms with Gasteiger partial charge in [0.05, 0.1) is 7.11 Å². The van der Waals surface area contributed by atoms with Crippen molar-refractivity contribution < 1.29 is 4.74 Å². The molecule has 0 unspecified atom stereocenters. The normalized spacial score (nSPS) is 15.6. The van der Waals surface area contributed by atoms with Crippen LogP contribution in [0.5, 0.6) is 5.75 Å². The van der Waals surface area contributed by atoms with E-state index in [0.29, 0.717) is 0 Å². The van der Waals surface area contributed by atoms with Gasteiger partial charge in [-0.3, -0.25) is 0 Å². The summed E-state index contributed by atoms with van der Waals surface area (Å²) in [4.78, 5) is 0. The lowest BCUT2D eigenvalue weighted by atomic mass is 9.97. The van der Waals surface area contributed by atoms with Gasteiger partial charge in [-0.1, -0.05) is 30.3 Å². The van der Waals surface area contributed by atoms with Gasteiger partial charge in [-0.25, -0.2) is 0 Å². The molecule has 0 heterocycles. The summed E-state index contributed by atoms with van der Waals surface area (Å²) in [5, 5.41) is 6.28. The molecular weight excluding hydrogens is 246 g/mol. The Bertz CT molecular complexity index is 614. The van der Waals surface area contributed by atoms with Crippen molar-refractivity contribution in [3.63, 3.8) is 0 Å². The molecule has 0 radical (unpaired) electrons. The Morgan fingerprint density at radius 1 is 1.15 bits per heavy atom. The van der Waals surface area contributed by atoms with Crippen LogP contribution in [0.25, 0.3) is 10.8 Å². The number of fused-ring (bicyclic) bond motifs is 1. The van der Waals surface area contributed by atoms with Crippen molar-refractivity contribution in [2.24, 2.45) is 5.92 Å². The predicted molar refractivity (Wildman–Crippen MR) is 84.1 cm³/mol. The fraction of sp³-hybridized carbons (Fsp3) is 0.444. The molecule has 1 aliphatic carbocycles. The van der Waals surface area contributed by atoms with E-state index < -0.39 is 0 Å². The molecular formula is C18H23NO. The molecule has 0 saturated heterocycles. The van der Waals surface area contributed by atoms with Crippen LogP contribution in [-0.4, -0.2) is 12.6 Å². The maximum absolute atomic E-state index is 5.55. The van der Waals surface area contributed by atoms with Crippen LogP contribution >= 0.6 is 0 Å². The molecule has 20 heavy (non-hydrogen) atoms. The van der Waals surface area contributed by atoms with Crippen LogP contribution in [0, 0.1) is 5.92 Å². The molecule has 0 spiro atoms. The molecule has 1 aliphatic rings. The molecule has 0 atom stereocenters. The Balaban J connectivity index is 1.92. The second-order valence-corrected chi connectivity index (χ2v) is 6.32. The highest BCUT2D eigenvalue weighted by Crippen LogP contribution is 2.39. The highest BCUT2D eigenvalue weighted by Gasteiger charge is 2.37. The van der Waals surface area contributed by atoms with Crippen molar-refractivity contribution in [1.29, 1.82) is 0 Å². The first-order valence-electron chi connectivity index (χ1n) is 7.41. The van der Waals surface area contributed by atoms with Gasteiger partial charge in [-0.05, 0) is 49.4 Å². The van der Waals surface area contributed by atoms with E-state index in [4.69, 9.17) is 4.74 Å². The molecule has 1 N–H and O–H groups in total. The van der Waals surface area contributed by atoms with Crippen LogP contribution in [0.4, 0.5) is 0 Å². The lowest BCUT2D eigenvalue weighted by molar-refractivity contribution is 0.335. The number of methoxy groups -OCH3 is 1. The molecule has 3 rings (SSSR count). The first kappa shape index (κ1) is 13.4. The molecule has 0 bridgehead atoms.